The number of hydrogen-bond donors (Lipinski definition) is 3. The summed E-state index contributed by atoms with van der Waals surface area (Å²) in [6.45, 7) is 2.13. The first-order valence-electron chi connectivity index (χ1n) is 8.64. The molecule has 1 saturated carbocycles. The van der Waals surface area contributed by atoms with Crippen LogP contribution in [0.2, 0.25) is 0 Å². The third kappa shape index (κ3) is 2.94. The van der Waals surface area contributed by atoms with E-state index in [0.29, 0.717) is 17.4 Å². The van der Waals surface area contributed by atoms with Crippen molar-refractivity contribution in [1.82, 2.24) is 19.6 Å². The molecule has 1 aliphatic carbocycles. The molecule has 3 aromatic rings. The SMILES string of the molecule is CNc1ncc(-c2cc3c(N[C@H](C)C4CC4)c(C(N)=O)cnn3c2)cn1. The van der Waals surface area contributed by atoms with Gasteiger partial charge in [-0.1, -0.05) is 0 Å². The highest BCUT2D eigenvalue weighted by Gasteiger charge is 2.29. The van der Waals surface area contributed by atoms with Crippen LogP contribution >= 0.6 is 0 Å². The molecule has 0 bridgehead atoms. The Labute approximate surface area is 150 Å². The van der Waals surface area contributed by atoms with E-state index in [-0.39, 0.29) is 6.04 Å². The molecule has 0 spiro atoms. The van der Waals surface area contributed by atoms with Gasteiger partial charge in [-0.25, -0.2) is 14.5 Å². The quantitative estimate of drug-likeness (QED) is 0.627. The molecule has 134 valence electrons. The smallest absolute Gasteiger partial charge is 0.252 e. The molecule has 0 aliphatic heterocycles. The lowest BCUT2D eigenvalue weighted by Gasteiger charge is -2.17. The van der Waals surface area contributed by atoms with Crippen molar-refractivity contribution in [3.8, 4) is 11.1 Å². The maximum Gasteiger partial charge on any atom is 0.252 e. The van der Waals surface area contributed by atoms with Crippen molar-refractivity contribution in [2.45, 2.75) is 25.8 Å². The fraction of sp³-hybridized carbons (Fsp3) is 0.333. The van der Waals surface area contributed by atoms with Crippen molar-refractivity contribution >= 4 is 23.1 Å². The van der Waals surface area contributed by atoms with Crippen LogP contribution in [0.15, 0.2) is 30.9 Å². The molecule has 1 fully saturated rings. The Kier molecular flexibility index (Phi) is 3.95. The predicted molar refractivity (Wildman–Crippen MR) is 100 cm³/mol. The average molecular weight is 351 g/mol. The van der Waals surface area contributed by atoms with Crippen LogP contribution in [0.1, 0.15) is 30.1 Å². The van der Waals surface area contributed by atoms with Crippen molar-refractivity contribution < 1.29 is 4.79 Å². The van der Waals surface area contributed by atoms with Gasteiger partial charge in [-0.3, -0.25) is 4.79 Å². The number of hydrogen-bond acceptors (Lipinski definition) is 6. The molecular weight excluding hydrogens is 330 g/mol. The number of carbonyl (C=O) groups excluding carboxylic acids is 1. The Hall–Kier alpha value is -3.16. The van der Waals surface area contributed by atoms with Gasteiger partial charge in [-0.2, -0.15) is 5.10 Å². The molecule has 8 heteroatoms. The summed E-state index contributed by atoms with van der Waals surface area (Å²) in [5.74, 6) is 0.711. The Balaban J connectivity index is 1.79. The number of anilines is 2. The van der Waals surface area contributed by atoms with Crippen molar-refractivity contribution in [1.29, 1.82) is 0 Å². The topological polar surface area (TPSA) is 110 Å². The normalized spacial score (nSPS) is 15.0. The van der Waals surface area contributed by atoms with Crippen LogP contribution in [-0.2, 0) is 0 Å². The summed E-state index contributed by atoms with van der Waals surface area (Å²) in [7, 11) is 1.77. The van der Waals surface area contributed by atoms with Gasteiger partial charge in [-0.15, -0.1) is 0 Å². The molecule has 3 aromatic heterocycles. The highest BCUT2D eigenvalue weighted by molar-refractivity contribution is 6.02. The lowest BCUT2D eigenvalue weighted by Crippen LogP contribution is -2.22. The van der Waals surface area contributed by atoms with E-state index < -0.39 is 5.91 Å². The fourth-order valence-electron chi connectivity index (χ4n) is 3.10. The minimum Gasteiger partial charge on any atom is -0.380 e. The molecular formula is C18H21N7O. The standard InChI is InChI=1S/C18H21N7O/c1-10(11-3-4-11)24-16-14(17(19)26)8-23-25-9-12(5-15(16)25)13-6-21-18(20-2)22-7-13/h5-11,24H,3-4H2,1-2H3,(H2,19,26)(H,20,21,22)/t10-/m1/s1. The number of nitrogens with one attached hydrogen (secondary N) is 2. The first-order valence-corrected chi connectivity index (χ1v) is 8.64. The predicted octanol–water partition coefficient (Wildman–Crippen LogP) is 2.14. The molecule has 8 nitrogen and oxygen atoms in total. The maximum atomic E-state index is 11.9. The molecule has 4 N–H and O–H groups in total. The van der Waals surface area contributed by atoms with Crippen molar-refractivity contribution in [3.63, 3.8) is 0 Å². The number of rotatable bonds is 6. The highest BCUT2D eigenvalue weighted by Crippen LogP contribution is 2.36. The fourth-order valence-corrected chi connectivity index (χ4v) is 3.10. The molecule has 3 heterocycles. The zero-order valence-corrected chi connectivity index (χ0v) is 14.7. The minimum atomic E-state index is -0.491. The molecule has 0 aromatic carbocycles. The van der Waals surface area contributed by atoms with Crippen LogP contribution < -0.4 is 16.4 Å². The largest absolute Gasteiger partial charge is 0.380 e. The van der Waals surface area contributed by atoms with Gasteiger partial charge >= 0.3 is 0 Å². The molecule has 0 saturated heterocycles. The number of aromatic nitrogens is 4. The first kappa shape index (κ1) is 16.3. The van der Waals surface area contributed by atoms with E-state index in [4.69, 9.17) is 5.73 Å². The van der Waals surface area contributed by atoms with Gasteiger partial charge < -0.3 is 16.4 Å². The van der Waals surface area contributed by atoms with Gasteiger partial charge in [-0.05, 0) is 31.7 Å². The van der Waals surface area contributed by atoms with Crippen LogP contribution in [0.5, 0.6) is 0 Å². The summed E-state index contributed by atoms with van der Waals surface area (Å²) in [5, 5.41) is 10.7. The number of amides is 1. The van der Waals surface area contributed by atoms with E-state index in [9.17, 15) is 4.79 Å². The van der Waals surface area contributed by atoms with E-state index in [1.165, 1.54) is 19.0 Å². The molecule has 0 radical (unpaired) electrons. The summed E-state index contributed by atoms with van der Waals surface area (Å²) in [5.41, 5.74) is 9.29. The molecule has 0 unspecified atom stereocenters. The molecule has 1 atom stereocenters. The van der Waals surface area contributed by atoms with Gasteiger partial charge in [0.1, 0.15) is 0 Å². The lowest BCUT2D eigenvalue weighted by atomic mass is 10.1. The Morgan fingerprint density at radius 1 is 1.27 bits per heavy atom. The molecule has 1 amide bonds. The highest BCUT2D eigenvalue weighted by atomic mass is 16.1. The van der Waals surface area contributed by atoms with E-state index in [1.54, 1.807) is 24.0 Å². The zero-order chi connectivity index (χ0) is 18.3. The van der Waals surface area contributed by atoms with Crippen molar-refractivity contribution in [2.75, 3.05) is 17.7 Å². The Bertz CT molecular complexity index is 960. The van der Waals surface area contributed by atoms with Gasteiger partial charge in [0.05, 0.1) is 23.0 Å². The van der Waals surface area contributed by atoms with E-state index in [2.05, 4.69) is 32.6 Å². The molecule has 26 heavy (non-hydrogen) atoms. The van der Waals surface area contributed by atoms with Gasteiger partial charge in [0.25, 0.3) is 5.91 Å². The Morgan fingerprint density at radius 2 is 2.00 bits per heavy atom. The second-order valence-electron chi connectivity index (χ2n) is 6.67. The minimum absolute atomic E-state index is 0.274. The number of primary amides is 1. The van der Waals surface area contributed by atoms with E-state index in [1.807, 2.05) is 12.3 Å². The monoisotopic (exact) mass is 351 g/mol. The average Bonchev–Trinajstić information content (AvgIpc) is 3.40. The van der Waals surface area contributed by atoms with Crippen molar-refractivity contribution in [2.24, 2.45) is 11.7 Å². The second kappa shape index (κ2) is 6.29. The first-order chi connectivity index (χ1) is 12.6. The van der Waals surface area contributed by atoms with E-state index in [0.717, 1.165) is 22.3 Å². The zero-order valence-electron chi connectivity index (χ0n) is 14.7. The van der Waals surface area contributed by atoms with Crippen LogP contribution in [0.3, 0.4) is 0 Å². The lowest BCUT2D eigenvalue weighted by molar-refractivity contribution is 0.100. The second-order valence-corrected chi connectivity index (χ2v) is 6.67. The summed E-state index contributed by atoms with van der Waals surface area (Å²) < 4.78 is 1.75. The Morgan fingerprint density at radius 3 is 2.62 bits per heavy atom. The third-order valence-corrected chi connectivity index (χ3v) is 4.81. The molecule has 4 rings (SSSR count). The van der Waals surface area contributed by atoms with E-state index >= 15 is 0 Å². The summed E-state index contributed by atoms with van der Waals surface area (Å²) >= 11 is 0. The van der Waals surface area contributed by atoms with Gasteiger partial charge in [0.15, 0.2) is 0 Å². The number of fused-ring (bicyclic) bond motifs is 1. The summed E-state index contributed by atoms with van der Waals surface area (Å²) in [6, 6.07) is 2.25. The molecule has 1 aliphatic rings. The number of nitrogens with two attached hydrogens (primary N) is 1. The van der Waals surface area contributed by atoms with Crippen LogP contribution in [-0.4, -0.2) is 38.6 Å². The third-order valence-electron chi connectivity index (χ3n) is 4.81. The van der Waals surface area contributed by atoms with Crippen LogP contribution in [0, 0.1) is 5.92 Å². The number of carbonyl (C=O) groups is 1. The summed E-state index contributed by atoms with van der Waals surface area (Å²) in [4.78, 5) is 20.4. The van der Waals surface area contributed by atoms with Crippen LogP contribution in [0.25, 0.3) is 16.6 Å². The van der Waals surface area contributed by atoms with Gasteiger partial charge in [0.2, 0.25) is 5.95 Å². The number of nitrogens with zero attached hydrogens (tertiary/aromatic N) is 4. The van der Waals surface area contributed by atoms with Gasteiger partial charge in [0, 0.05) is 42.8 Å². The van der Waals surface area contributed by atoms with Crippen molar-refractivity contribution in [3.05, 3.63) is 36.4 Å². The van der Waals surface area contributed by atoms with Crippen LogP contribution in [0.4, 0.5) is 11.6 Å². The summed E-state index contributed by atoms with van der Waals surface area (Å²) in [6.07, 6.45) is 9.34. The maximum absolute atomic E-state index is 11.9.